The topological polar surface area (TPSA) is 92.5 Å². The predicted molar refractivity (Wildman–Crippen MR) is 87.3 cm³/mol. The van der Waals surface area contributed by atoms with Crippen molar-refractivity contribution < 1.29 is 9.59 Å². The minimum atomic E-state index is -0.681. The highest BCUT2D eigenvalue weighted by molar-refractivity contribution is 6.07. The highest BCUT2D eigenvalue weighted by Crippen LogP contribution is 2.29. The van der Waals surface area contributed by atoms with Gasteiger partial charge in [-0.05, 0) is 31.9 Å². The van der Waals surface area contributed by atoms with Crippen molar-refractivity contribution in [2.24, 2.45) is 4.99 Å². The maximum Gasteiger partial charge on any atom is 0.253 e. The number of rotatable bonds is 2. The predicted octanol–water partition coefficient (Wildman–Crippen LogP) is 0.341. The van der Waals surface area contributed by atoms with Crippen molar-refractivity contribution in [3.8, 4) is 0 Å². The molecule has 0 atom stereocenters. The van der Waals surface area contributed by atoms with Gasteiger partial charge in [0.1, 0.15) is 29.0 Å². The third-order valence-electron chi connectivity index (χ3n) is 4.65. The number of nitrogens with zero attached hydrogens (tertiary/aromatic N) is 5. The molecule has 1 aromatic heterocycles. The summed E-state index contributed by atoms with van der Waals surface area (Å²) in [6, 6.07) is 7.52. The lowest BCUT2D eigenvalue weighted by atomic mass is 9.88. The van der Waals surface area contributed by atoms with Crippen LogP contribution in [0.1, 0.15) is 19.8 Å². The van der Waals surface area contributed by atoms with E-state index in [-0.39, 0.29) is 18.4 Å². The number of likely N-dealkylation sites (tertiary alicyclic amines) is 1. The van der Waals surface area contributed by atoms with Gasteiger partial charge >= 0.3 is 0 Å². The maximum atomic E-state index is 12.5. The number of hydrogen-bond donors (Lipinski definition) is 1. The quantitative estimate of drug-likeness (QED) is 0.861. The second kappa shape index (κ2) is 5.40. The molecule has 124 valence electrons. The molecule has 1 saturated heterocycles. The highest BCUT2D eigenvalue weighted by atomic mass is 16.2. The van der Waals surface area contributed by atoms with Crippen LogP contribution in [0.15, 0.2) is 29.3 Å². The first-order valence-electron chi connectivity index (χ1n) is 8.01. The van der Waals surface area contributed by atoms with E-state index in [4.69, 9.17) is 0 Å². The minimum Gasteiger partial charge on any atom is -0.341 e. The fourth-order valence-electron chi connectivity index (χ4n) is 3.34. The number of hydrogen-bond acceptors (Lipinski definition) is 5. The Morgan fingerprint density at radius 3 is 2.38 bits per heavy atom. The molecule has 0 saturated carbocycles. The number of carbonyl (C=O) groups is 2. The Morgan fingerprint density at radius 2 is 1.83 bits per heavy atom. The van der Waals surface area contributed by atoms with Crippen molar-refractivity contribution in [1.29, 1.82) is 0 Å². The van der Waals surface area contributed by atoms with E-state index < -0.39 is 5.54 Å². The summed E-state index contributed by atoms with van der Waals surface area (Å²) in [7, 11) is 0. The van der Waals surface area contributed by atoms with Crippen LogP contribution in [0.3, 0.4) is 0 Å². The molecule has 24 heavy (non-hydrogen) atoms. The van der Waals surface area contributed by atoms with Gasteiger partial charge in [-0.15, -0.1) is 0 Å². The fraction of sp³-hybridized carbons (Fsp3) is 0.438. The van der Waals surface area contributed by atoms with E-state index in [0.717, 1.165) is 11.0 Å². The van der Waals surface area contributed by atoms with Gasteiger partial charge in [0.25, 0.3) is 5.91 Å². The summed E-state index contributed by atoms with van der Waals surface area (Å²) in [5.41, 5.74) is 0.866. The Kier molecular flexibility index (Phi) is 3.33. The van der Waals surface area contributed by atoms with E-state index in [0.29, 0.717) is 31.8 Å². The third kappa shape index (κ3) is 2.44. The summed E-state index contributed by atoms with van der Waals surface area (Å²) < 4.78 is 0. The molecule has 1 aromatic carbocycles. The number of aliphatic imine (C=N–C) groups is 1. The minimum absolute atomic E-state index is 0.0377. The fourth-order valence-corrected chi connectivity index (χ4v) is 3.34. The smallest absolute Gasteiger partial charge is 0.253 e. The second-order valence-electron chi connectivity index (χ2n) is 6.28. The Bertz CT molecular complexity index is 814. The number of carbonyl (C=O) groups excluding carboxylic acids is 2. The van der Waals surface area contributed by atoms with Gasteiger partial charge in [-0.1, -0.05) is 12.1 Å². The normalized spacial score (nSPS) is 19.6. The Hall–Kier alpha value is -2.77. The summed E-state index contributed by atoms with van der Waals surface area (Å²) in [4.78, 5) is 32.2. The Balaban J connectivity index is 1.42. The van der Waals surface area contributed by atoms with Crippen LogP contribution >= 0.6 is 0 Å². The van der Waals surface area contributed by atoms with E-state index >= 15 is 0 Å². The SMILES string of the molecule is CC1=NC2(CCN(C(=O)Cn3nc4ccccc4n3)CC2)C(=O)N1. The molecule has 2 aliphatic rings. The molecule has 3 heterocycles. The maximum absolute atomic E-state index is 12.5. The van der Waals surface area contributed by atoms with Crippen LogP contribution in [0.5, 0.6) is 0 Å². The van der Waals surface area contributed by atoms with Crippen LogP contribution in [-0.4, -0.2) is 56.2 Å². The first kappa shape index (κ1) is 14.8. The number of amides is 2. The van der Waals surface area contributed by atoms with E-state index in [2.05, 4.69) is 20.5 Å². The Morgan fingerprint density at radius 1 is 1.21 bits per heavy atom. The monoisotopic (exact) mass is 326 g/mol. The third-order valence-corrected chi connectivity index (χ3v) is 4.65. The zero-order chi connectivity index (χ0) is 16.7. The highest BCUT2D eigenvalue weighted by Gasteiger charge is 2.45. The van der Waals surface area contributed by atoms with Crippen molar-refractivity contribution in [2.75, 3.05) is 13.1 Å². The lowest BCUT2D eigenvalue weighted by Gasteiger charge is -2.35. The standard InChI is InChI=1S/C16H18N6O2/c1-11-17-15(24)16(18-11)6-8-21(9-7-16)14(23)10-22-19-12-4-2-3-5-13(12)20-22/h2-5H,6-10H2,1H3,(H,17,18,24). The van der Waals surface area contributed by atoms with E-state index in [1.165, 1.54) is 4.80 Å². The summed E-state index contributed by atoms with van der Waals surface area (Å²) in [5, 5.41) is 11.4. The number of fused-ring (bicyclic) bond motifs is 1. The molecule has 2 aromatic rings. The van der Waals surface area contributed by atoms with E-state index in [1.54, 1.807) is 11.8 Å². The number of amidine groups is 1. The summed E-state index contributed by atoms with van der Waals surface area (Å²) in [5.74, 6) is 0.573. The molecule has 0 unspecified atom stereocenters. The van der Waals surface area contributed by atoms with Crippen molar-refractivity contribution >= 4 is 28.7 Å². The lowest BCUT2D eigenvalue weighted by Crippen LogP contribution is -2.51. The van der Waals surface area contributed by atoms with Gasteiger partial charge in [0.2, 0.25) is 5.91 Å². The van der Waals surface area contributed by atoms with Gasteiger partial charge in [-0.3, -0.25) is 14.6 Å². The van der Waals surface area contributed by atoms with Crippen LogP contribution in [0.2, 0.25) is 0 Å². The molecule has 2 amide bonds. The van der Waals surface area contributed by atoms with Gasteiger partial charge in [-0.25, -0.2) is 0 Å². The van der Waals surface area contributed by atoms with Crippen molar-refractivity contribution in [1.82, 2.24) is 25.2 Å². The van der Waals surface area contributed by atoms with Crippen LogP contribution in [0.4, 0.5) is 0 Å². The van der Waals surface area contributed by atoms with E-state index in [1.807, 2.05) is 24.3 Å². The average molecular weight is 326 g/mol. The molecular formula is C16H18N6O2. The molecular weight excluding hydrogens is 308 g/mol. The molecule has 2 aliphatic heterocycles. The van der Waals surface area contributed by atoms with Gasteiger partial charge in [0.05, 0.1) is 0 Å². The summed E-state index contributed by atoms with van der Waals surface area (Å²) in [6.45, 7) is 2.93. The number of piperidine rings is 1. The molecule has 1 spiro atoms. The molecule has 8 nitrogen and oxygen atoms in total. The van der Waals surface area contributed by atoms with Gasteiger partial charge < -0.3 is 10.2 Å². The van der Waals surface area contributed by atoms with Crippen molar-refractivity contribution in [2.45, 2.75) is 31.8 Å². The molecule has 1 fully saturated rings. The zero-order valence-electron chi connectivity index (χ0n) is 13.4. The zero-order valence-corrected chi connectivity index (χ0v) is 13.4. The largest absolute Gasteiger partial charge is 0.341 e. The number of benzene rings is 1. The summed E-state index contributed by atoms with van der Waals surface area (Å²) >= 11 is 0. The molecule has 0 bridgehead atoms. The van der Waals surface area contributed by atoms with Crippen LogP contribution in [-0.2, 0) is 16.1 Å². The second-order valence-corrected chi connectivity index (χ2v) is 6.28. The van der Waals surface area contributed by atoms with Crippen molar-refractivity contribution in [3.05, 3.63) is 24.3 Å². The molecule has 0 radical (unpaired) electrons. The molecule has 8 heteroatoms. The Labute approximate surface area is 138 Å². The van der Waals surface area contributed by atoms with Crippen LogP contribution < -0.4 is 5.32 Å². The van der Waals surface area contributed by atoms with Crippen LogP contribution in [0, 0.1) is 0 Å². The van der Waals surface area contributed by atoms with Gasteiger partial charge in [-0.2, -0.15) is 15.0 Å². The summed E-state index contributed by atoms with van der Waals surface area (Å²) in [6.07, 6.45) is 1.10. The molecule has 1 N–H and O–H groups in total. The van der Waals surface area contributed by atoms with Gasteiger partial charge in [0, 0.05) is 13.1 Å². The number of nitrogens with one attached hydrogen (secondary N) is 1. The van der Waals surface area contributed by atoms with Crippen LogP contribution in [0.25, 0.3) is 11.0 Å². The number of aromatic nitrogens is 3. The molecule has 0 aliphatic carbocycles. The average Bonchev–Trinajstić information content (AvgIpc) is 3.08. The molecule has 4 rings (SSSR count). The van der Waals surface area contributed by atoms with Gasteiger partial charge in [0.15, 0.2) is 0 Å². The first-order valence-corrected chi connectivity index (χ1v) is 8.01. The van der Waals surface area contributed by atoms with E-state index in [9.17, 15) is 9.59 Å². The van der Waals surface area contributed by atoms with Crippen molar-refractivity contribution in [3.63, 3.8) is 0 Å². The first-order chi connectivity index (χ1) is 11.6. The lowest BCUT2D eigenvalue weighted by molar-refractivity contribution is -0.136.